The number of hydrogen-bond acceptors (Lipinski definition) is 7. The summed E-state index contributed by atoms with van der Waals surface area (Å²) in [6, 6.07) is 0. The van der Waals surface area contributed by atoms with Crippen molar-refractivity contribution in [2.45, 2.75) is 213 Å². The van der Waals surface area contributed by atoms with Gasteiger partial charge in [-0.3, -0.25) is 18.6 Å². The second-order valence-electron chi connectivity index (χ2n) is 20.3. The van der Waals surface area contributed by atoms with Crippen molar-refractivity contribution >= 4 is 19.8 Å². The molecule has 0 aromatic heterocycles. The minimum Gasteiger partial charge on any atom is -0.461 e. The fourth-order valence-electron chi connectivity index (χ4n) is 7.42. The summed E-state index contributed by atoms with van der Waals surface area (Å²) < 4.78 is 34.4. The summed E-state index contributed by atoms with van der Waals surface area (Å²) in [5.41, 5.74) is 0. The molecule has 0 aliphatic heterocycles. The molecule has 1 N–H and O–H groups in total. The van der Waals surface area contributed by atoms with Crippen LogP contribution >= 0.6 is 7.82 Å². The Hall–Kier alpha value is -4.11. The highest BCUT2D eigenvalue weighted by molar-refractivity contribution is 7.47. The van der Waals surface area contributed by atoms with E-state index in [0.29, 0.717) is 23.9 Å². The molecule has 0 aromatic carbocycles. The van der Waals surface area contributed by atoms with E-state index in [1.807, 2.05) is 33.3 Å². The monoisotopic (exact) mass is 1070 g/mol. The highest BCUT2D eigenvalue weighted by Crippen LogP contribution is 2.43. The number of phosphoric acid groups is 1. The van der Waals surface area contributed by atoms with E-state index in [4.69, 9.17) is 18.5 Å². The molecule has 0 aromatic rings. The Bertz CT molecular complexity index is 1790. The molecule has 0 fully saturated rings. The minimum atomic E-state index is -4.41. The third-order valence-electron chi connectivity index (χ3n) is 11.9. The first-order valence-corrected chi connectivity index (χ1v) is 31.1. The molecule has 0 amide bonds. The Balaban J connectivity index is 4.12. The molecule has 0 spiro atoms. The van der Waals surface area contributed by atoms with Crippen LogP contribution in [0.15, 0.2) is 146 Å². The zero-order valence-corrected chi connectivity index (χ0v) is 49.6. The van der Waals surface area contributed by atoms with E-state index in [-0.39, 0.29) is 26.1 Å². The van der Waals surface area contributed by atoms with Gasteiger partial charge in [-0.2, -0.15) is 0 Å². The summed E-state index contributed by atoms with van der Waals surface area (Å²) in [6.45, 7) is 4.07. The van der Waals surface area contributed by atoms with Crippen LogP contribution in [0.25, 0.3) is 0 Å². The van der Waals surface area contributed by atoms with Crippen molar-refractivity contribution in [1.82, 2.24) is 0 Å². The molecule has 0 radical (unpaired) electrons. The Morgan fingerprint density at radius 3 is 1.12 bits per heavy atom. The van der Waals surface area contributed by atoms with E-state index in [1.54, 1.807) is 6.08 Å². The number of nitrogens with zero attached hydrogens (tertiary/aromatic N) is 1. The molecule has 0 heterocycles. The first kappa shape index (κ1) is 71.9. The van der Waals surface area contributed by atoms with Gasteiger partial charge in [0.05, 0.1) is 34.2 Å². The average molecular weight is 1080 g/mol. The lowest BCUT2D eigenvalue weighted by Crippen LogP contribution is -2.37. The highest BCUT2D eigenvalue weighted by atomic mass is 31.2. The number of likely N-dealkylation sites (N-methyl/N-ethyl adjacent to an activating group) is 1. The smallest absolute Gasteiger partial charge is 0.461 e. The lowest BCUT2D eigenvalue weighted by atomic mass is 10.0. The summed E-state index contributed by atoms with van der Waals surface area (Å²) in [6.07, 6.45) is 82.5. The second kappa shape index (κ2) is 55.6. The number of carbonyl (C=O) groups excluding carboxylic acids is 2. The highest BCUT2D eigenvalue weighted by Gasteiger charge is 2.27. The predicted molar refractivity (Wildman–Crippen MR) is 325 cm³/mol. The van der Waals surface area contributed by atoms with Gasteiger partial charge < -0.3 is 18.9 Å². The Labute approximate surface area is 465 Å². The number of allylic oxidation sites excluding steroid dienone is 23. The minimum absolute atomic E-state index is 0.0115. The molecule has 0 saturated heterocycles. The van der Waals surface area contributed by atoms with E-state index in [9.17, 15) is 19.0 Å². The number of ether oxygens (including phenoxy) is 2. The number of unbranched alkanes of at least 4 members (excludes halogenated alkanes) is 15. The van der Waals surface area contributed by atoms with Crippen LogP contribution in [0.4, 0.5) is 0 Å². The number of rotatable bonds is 52. The molecule has 9 nitrogen and oxygen atoms in total. The normalized spacial score (nSPS) is 14.3. The Morgan fingerprint density at radius 2 is 0.750 bits per heavy atom. The van der Waals surface area contributed by atoms with Crippen molar-refractivity contribution in [1.29, 1.82) is 0 Å². The van der Waals surface area contributed by atoms with Crippen molar-refractivity contribution < 1.29 is 42.1 Å². The summed E-state index contributed by atoms with van der Waals surface area (Å²) in [5.74, 6) is -0.954. The molecule has 2 atom stereocenters. The molecular weight excluding hydrogens is 966 g/mol. The van der Waals surface area contributed by atoms with Gasteiger partial charge in [-0.05, 0) is 96.3 Å². The van der Waals surface area contributed by atoms with Crippen molar-refractivity contribution in [2.24, 2.45) is 0 Å². The number of quaternary nitrogens is 1. The van der Waals surface area contributed by atoms with Crippen LogP contribution in [0, 0.1) is 0 Å². The Morgan fingerprint density at radius 1 is 0.421 bits per heavy atom. The molecule has 76 heavy (non-hydrogen) atoms. The van der Waals surface area contributed by atoms with Crippen molar-refractivity contribution in [2.75, 3.05) is 47.5 Å². The first-order valence-electron chi connectivity index (χ1n) is 29.6. The summed E-state index contributed by atoms with van der Waals surface area (Å²) in [7, 11) is 1.41. The van der Waals surface area contributed by atoms with Crippen LogP contribution in [0.2, 0.25) is 0 Å². The lowest BCUT2D eigenvalue weighted by Gasteiger charge is -2.24. The lowest BCUT2D eigenvalue weighted by molar-refractivity contribution is -0.870. The van der Waals surface area contributed by atoms with E-state index >= 15 is 0 Å². The molecular formula is C66H109NO8P+. The van der Waals surface area contributed by atoms with Crippen molar-refractivity contribution in [3.8, 4) is 0 Å². The zero-order chi connectivity index (χ0) is 55.6. The van der Waals surface area contributed by atoms with E-state index < -0.39 is 32.5 Å². The fourth-order valence-corrected chi connectivity index (χ4v) is 8.16. The van der Waals surface area contributed by atoms with Crippen LogP contribution in [0.3, 0.4) is 0 Å². The topological polar surface area (TPSA) is 108 Å². The van der Waals surface area contributed by atoms with E-state index in [1.165, 1.54) is 77.0 Å². The summed E-state index contributed by atoms with van der Waals surface area (Å²) in [4.78, 5) is 35.6. The van der Waals surface area contributed by atoms with Crippen LogP contribution in [-0.2, 0) is 32.7 Å². The number of esters is 2. The molecule has 0 bridgehead atoms. The maximum atomic E-state index is 12.8. The van der Waals surface area contributed by atoms with Crippen molar-refractivity contribution in [3.05, 3.63) is 146 Å². The molecule has 0 aliphatic carbocycles. The molecule has 0 rings (SSSR count). The van der Waals surface area contributed by atoms with Gasteiger partial charge in [-0.15, -0.1) is 0 Å². The number of phosphoric ester groups is 1. The third kappa shape index (κ3) is 59.1. The van der Waals surface area contributed by atoms with Crippen molar-refractivity contribution in [3.63, 3.8) is 0 Å². The first-order chi connectivity index (χ1) is 37.0. The quantitative estimate of drug-likeness (QED) is 0.0211. The van der Waals surface area contributed by atoms with Crippen LogP contribution in [0.1, 0.15) is 206 Å². The molecule has 2 unspecified atom stereocenters. The van der Waals surface area contributed by atoms with E-state index in [0.717, 1.165) is 89.9 Å². The van der Waals surface area contributed by atoms with Gasteiger partial charge >= 0.3 is 19.8 Å². The molecule has 430 valence electrons. The van der Waals surface area contributed by atoms with Crippen LogP contribution in [0.5, 0.6) is 0 Å². The number of carbonyl (C=O) groups is 2. The standard InChI is InChI=1S/C66H108NO8P/c1-6-8-10-12-14-16-18-20-22-23-24-25-26-27-28-29-30-31-32-33-34-35-36-37-38-39-40-41-42-43-45-47-49-51-53-55-57-59-66(69)75-64(63-74-76(70,71)73-61-60-67(3,4)5)62-72-65(68)58-56-54-52-50-48-46-44-21-19-17-15-13-11-9-7-2/h8-11,14-17,20-22,24-25,27-28,30-31,33-34,44,48,50,54,56,64H,6-7,12-13,18-19,23,26,29,32,35-43,45-47,49,51-53,55,57-63H2,1-5H3/p+1/b10-8-,11-9-,16-14-,17-15-,22-20-,25-24-,28-27-,31-30-,34-33-,44-21-,50-48-,56-54-. The SMILES string of the molecule is CC/C=C\C/C=C\C/C=C\C/C=C\C/C=C\C/C=C\C/C=C\CCCCCCCCCCCCCCCCCC(=O)OC(COC(=O)C/C=C\C/C=C\C/C=C\C/C=C\C/C=C\CC)COP(=O)(O)OCC[N+](C)(C)C. The van der Waals surface area contributed by atoms with Crippen LogP contribution < -0.4 is 0 Å². The van der Waals surface area contributed by atoms with Gasteiger partial charge in [-0.25, -0.2) is 4.57 Å². The molecule has 10 heteroatoms. The summed E-state index contributed by atoms with van der Waals surface area (Å²) in [5, 5.41) is 0. The van der Waals surface area contributed by atoms with Gasteiger partial charge in [0.25, 0.3) is 0 Å². The maximum absolute atomic E-state index is 12.8. The van der Waals surface area contributed by atoms with Crippen LogP contribution in [-0.4, -0.2) is 74.9 Å². The zero-order valence-electron chi connectivity index (χ0n) is 48.7. The molecule has 0 aliphatic rings. The predicted octanol–water partition coefficient (Wildman–Crippen LogP) is 18.7. The van der Waals surface area contributed by atoms with Gasteiger partial charge in [0.1, 0.15) is 19.8 Å². The summed E-state index contributed by atoms with van der Waals surface area (Å²) >= 11 is 0. The van der Waals surface area contributed by atoms with Gasteiger partial charge in [0.15, 0.2) is 6.10 Å². The second-order valence-corrected chi connectivity index (χ2v) is 21.7. The largest absolute Gasteiger partial charge is 0.472 e. The Kier molecular flexibility index (Phi) is 52.6. The molecule has 0 saturated carbocycles. The number of hydrogen-bond donors (Lipinski definition) is 1. The van der Waals surface area contributed by atoms with Gasteiger partial charge in [0, 0.05) is 6.42 Å². The maximum Gasteiger partial charge on any atom is 0.472 e. The average Bonchev–Trinajstić information content (AvgIpc) is 3.38. The van der Waals surface area contributed by atoms with Gasteiger partial charge in [-0.1, -0.05) is 243 Å². The van der Waals surface area contributed by atoms with Gasteiger partial charge in [0.2, 0.25) is 0 Å². The fraction of sp³-hybridized carbons (Fsp3) is 0.606. The van der Waals surface area contributed by atoms with E-state index in [2.05, 4.69) is 141 Å². The third-order valence-corrected chi connectivity index (χ3v) is 12.9.